The van der Waals surface area contributed by atoms with Gasteiger partial charge in [0.1, 0.15) is 0 Å². The zero-order chi connectivity index (χ0) is 44.2. The van der Waals surface area contributed by atoms with Crippen LogP contribution in [0.2, 0.25) is 59.4 Å². The molecule has 2 aromatic heterocycles. The Balaban J connectivity index is 0.000000400. The van der Waals surface area contributed by atoms with E-state index in [1.807, 2.05) is 38.1 Å². The Kier molecular flexibility index (Phi) is 20.7. The molecular formula is C52H58Cl6O2Si3Zr-4. The van der Waals surface area contributed by atoms with Crippen LogP contribution < -0.4 is 10.4 Å². The Labute approximate surface area is 433 Å². The van der Waals surface area contributed by atoms with Gasteiger partial charge >= 0.3 is 30.2 Å². The normalized spacial score (nSPS) is 11.0. The van der Waals surface area contributed by atoms with Crippen LogP contribution in [0.4, 0.5) is 0 Å². The quantitative estimate of drug-likeness (QED) is 0.123. The molecule has 2 radical (unpaired) electrons. The third-order valence-electron chi connectivity index (χ3n) is 11.3. The van der Waals surface area contributed by atoms with Gasteiger partial charge in [0.05, 0.1) is 39.2 Å². The molecule has 0 aliphatic carbocycles. The maximum atomic E-state index is 6.75. The van der Waals surface area contributed by atoms with Crippen LogP contribution in [-0.4, -0.2) is 23.0 Å². The molecule has 0 aliphatic heterocycles. The van der Waals surface area contributed by atoms with E-state index in [0.29, 0.717) is 0 Å². The molecule has 8 aromatic rings. The van der Waals surface area contributed by atoms with Gasteiger partial charge in [-0.1, -0.05) is 119 Å². The molecule has 0 saturated heterocycles. The van der Waals surface area contributed by atoms with Crippen molar-refractivity contribution in [1.29, 1.82) is 0 Å². The standard InChI is InChI=1S/2C25H25Cl2OSi.2CH3.2ClH.Si.Zr/c2*1-14-9-17-10-18(23-8-7-15(2)28-23)11-20(17)24(16(14)3)19-12-21(26)25(22(27)13-19)29(4,5)6;;;;;;/h2*7-13H,1-6H3;2*1H3;2*1H;;/q4*-1;;;;. The van der Waals surface area contributed by atoms with E-state index in [-0.39, 0.29) is 39.7 Å². The fraction of sp³-hybridized carbons (Fsp3) is 0.231. The second-order valence-electron chi connectivity index (χ2n) is 17.8. The van der Waals surface area contributed by atoms with Crippen LogP contribution in [0.5, 0.6) is 0 Å². The third-order valence-corrected chi connectivity index (χ3v) is 17.2. The summed E-state index contributed by atoms with van der Waals surface area (Å²) in [6.45, 7) is 29.3. The van der Waals surface area contributed by atoms with Crippen molar-refractivity contribution < 1.29 is 32.2 Å². The molecule has 0 spiro atoms. The van der Waals surface area contributed by atoms with Crippen LogP contribution in [0.3, 0.4) is 0 Å². The van der Waals surface area contributed by atoms with Crippen LogP contribution >= 0.6 is 71.2 Å². The molecule has 340 valence electrons. The molecule has 0 unspecified atom stereocenters. The zero-order valence-electron chi connectivity index (χ0n) is 39.2. The van der Waals surface area contributed by atoms with E-state index >= 15 is 0 Å². The second-order valence-corrected chi connectivity index (χ2v) is 29.5. The average Bonchev–Trinajstić information content (AvgIpc) is 3.95. The number of halogens is 6. The first-order chi connectivity index (χ1) is 28.1. The summed E-state index contributed by atoms with van der Waals surface area (Å²) in [5.74, 6) is 3.62. The molecule has 0 bridgehead atoms. The van der Waals surface area contributed by atoms with E-state index in [2.05, 4.69) is 135 Å². The van der Waals surface area contributed by atoms with Crippen molar-refractivity contribution >= 4 is 126 Å². The molecule has 0 saturated carbocycles. The van der Waals surface area contributed by atoms with Gasteiger partial charge in [0.25, 0.3) is 0 Å². The molecule has 0 atom stereocenters. The summed E-state index contributed by atoms with van der Waals surface area (Å²) in [5.41, 5.74) is 11.7. The minimum atomic E-state index is -1.64. The average molecular weight is 1100 g/mol. The summed E-state index contributed by atoms with van der Waals surface area (Å²) < 4.78 is 11.7. The van der Waals surface area contributed by atoms with Crippen molar-refractivity contribution in [2.75, 3.05) is 0 Å². The number of aryl methyl sites for hydroxylation is 4. The maximum absolute atomic E-state index is 6.75. The molecule has 12 heteroatoms. The predicted octanol–water partition coefficient (Wildman–Crippen LogP) is 17.9. The van der Waals surface area contributed by atoms with E-state index in [9.17, 15) is 0 Å². The van der Waals surface area contributed by atoms with Gasteiger partial charge in [-0.15, -0.1) is 82.8 Å². The third kappa shape index (κ3) is 12.0. The van der Waals surface area contributed by atoms with E-state index in [4.69, 9.17) is 55.2 Å². The SMILES string of the molecule is Cc1ccc(-c2cc3c(-c4cc(Cl)c([Si](C)(C)C)c(Cl)c4)c(C)c(C)cc3[cH-]2)o1.Cc1ccc(-c2cc3c(-c4cc(Cl)c([Si](C)(C)C)c(Cl)c4)c(C)c(C)cc3[cH-]2)o1.Cl.Cl.[CH3-].[CH3-].[Si]=[Zr]. The Morgan fingerprint density at radius 1 is 0.484 bits per heavy atom. The number of rotatable bonds is 6. The van der Waals surface area contributed by atoms with Crippen molar-refractivity contribution in [3.63, 3.8) is 0 Å². The number of hydrogen-bond acceptors (Lipinski definition) is 2. The van der Waals surface area contributed by atoms with Crippen molar-refractivity contribution in [3.05, 3.63) is 154 Å². The Morgan fingerprint density at radius 3 is 1.03 bits per heavy atom. The van der Waals surface area contributed by atoms with Gasteiger partial charge in [-0.3, -0.25) is 0 Å². The number of benzene rings is 4. The molecule has 8 rings (SSSR count). The number of hydrogen-bond donors (Lipinski definition) is 0. The van der Waals surface area contributed by atoms with Crippen LogP contribution in [-0.2, 0) is 23.3 Å². The van der Waals surface area contributed by atoms with Crippen LogP contribution in [0, 0.1) is 56.4 Å². The summed E-state index contributed by atoms with van der Waals surface area (Å²) in [4.78, 5) is 0. The van der Waals surface area contributed by atoms with Crippen molar-refractivity contribution in [2.45, 2.75) is 80.8 Å². The molecule has 6 aromatic carbocycles. The van der Waals surface area contributed by atoms with E-state index in [0.717, 1.165) is 75.8 Å². The molecule has 2 nitrogen and oxygen atoms in total. The topological polar surface area (TPSA) is 26.3 Å². The molecular weight excluding hydrogens is 1040 g/mol. The minimum absolute atomic E-state index is 0. The van der Waals surface area contributed by atoms with Gasteiger partial charge in [0.15, 0.2) is 0 Å². The molecule has 2 heterocycles. The van der Waals surface area contributed by atoms with E-state index in [1.165, 1.54) is 78.3 Å². The van der Waals surface area contributed by atoms with Crippen molar-refractivity contribution in [3.8, 4) is 44.9 Å². The first-order valence-corrected chi connectivity index (χ1v) is 32.6. The Hall–Kier alpha value is -2.07. The molecule has 0 amide bonds. The number of fused-ring (bicyclic) bond motifs is 2. The molecule has 0 N–H and O–H groups in total. The van der Waals surface area contributed by atoms with E-state index in [1.54, 1.807) is 0 Å². The Morgan fingerprint density at radius 2 is 0.781 bits per heavy atom. The molecule has 64 heavy (non-hydrogen) atoms. The van der Waals surface area contributed by atoms with Gasteiger partial charge < -0.3 is 23.7 Å². The molecule has 0 aliphatic rings. The van der Waals surface area contributed by atoms with Gasteiger partial charge in [-0.2, -0.15) is 0 Å². The first kappa shape index (κ1) is 58.1. The number of furan rings is 2. The summed E-state index contributed by atoms with van der Waals surface area (Å²) in [5, 5.41) is 10.1. The molecule has 0 fully saturated rings. The Bertz CT molecular complexity index is 2660. The van der Waals surface area contributed by atoms with Gasteiger partial charge in [-0.25, -0.2) is 0 Å². The van der Waals surface area contributed by atoms with E-state index < -0.39 is 16.1 Å². The second kappa shape index (κ2) is 22.8. The summed E-state index contributed by atoms with van der Waals surface area (Å²) in [6, 6.07) is 29.7. The fourth-order valence-corrected chi connectivity index (χ4v) is 15.8. The summed E-state index contributed by atoms with van der Waals surface area (Å²) in [6.07, 6.45) is 0. The fourth-order valence-electron chi connectivity index (χ4n) is 8.28. The van der Waals surface area contributed by atoms with Gasteiger partial charge in [0.2, 0.25) is 0 Å². The predicted molar refractivity (Wildman–Crippen MR) is 293 cm³/mol. The summed E-state index contributed by atoms with van der Waals surface area (Å²) >= 11 is 28.4. The monoisotopic (exact) mass is 1100 g/mol. The van der Waals surface area contributed by atoms with Gasteiger partial charge in [0, 0.05) is 20.1 Å². The van der Waals surface area contributed by atoms with Crippen LogP contribution in [0.15, 0.2) is 93.8 Å². The van der Waals surface area contributed by atoms with Crippen LogP contribution in [0.25, 0.3) is 66.4 Å². The van der Waals surface area contributed by atoms with Crippen molar-refractivity contribution in [2.24, 2.45) is 0 Å². The van der Waals surface area contributed by atoms with Crippen LogP contribution in [0.1, 0.15) is 33.8 Å². The zero-order valence-corrected chi connectivity index (χ0v) is 49.3. The van der Waals surface area contributed by atoms with Crippen molar-refractivity contribution in [1.82, 2.24) is 0 Å². The summed E-state index contributed by atoms with van der Waals surface area (Å²) in [7, 11) is -3.28. The van der Waals surface area contributed by atoms with Gasteiger partial charge in [-0.05, 0) is 123 Å². The first-order valence-electron chi connectivity index (χ1n) is 19.9.